The smallest absolute Gasteiger partial charge is 0.264 e. The van der Waals surface area contributed by atoms with Gasteiger partial charge in [-0.15, -0.1) is 0 Å². The number of thioether (sulfide) groups is 1. The van der Waals surface area contributed by atoms with Gasteiger partial charge in [0.05, 0.1) is 20.6 Å². The first kappa shape index (κ1) is 16.4. The Kier molecular flexibility index (Phi) is 4.97. The lowest BCUT2D eigenvalue weighted by atomic mass is 10.2. The van der Waals surface area contributed by atoms with Crippen LogP contribution in [0.5, 0.6) is 0 Å². The largest absolute Gasteiger partial charge is 0.300 e. The van der Waals surface area contributed by atoms with Gasteiger partial charge in [-0.25, -0.2) is 4.99 Å². The van der Waals surface area contributed by atoms with Crippen molar-refractivity contribution in [2.24, 2.45) is 4.99 Å². The second-order valence-electron chi connectivity index (χ2n) is 4.61. The summed E-state index contributed by atoms with van der Waals surface area (Å²) in [5.74, 6) is -0.207. The van der Waals surface area contributed by atoms with Crippen molar-refractivity contribution in [2.75, 3.05) is 0 Å². The Balaban J connectivity index is 1.86. The van der Waals surface area contributed by atoms with Gasteiger partial charge in [-0.3, -0.25) is 4.79 Å². The Hall–Kier alpha value is -1.46. The number of benzene rings is 2. The van der Waals surface area contributed by atoms with Gasteiger partial charge in [0, 0.05) is 5.02 Å². The van der Waals surface area contributed by atoms with Crippen LogP contribution in [0, 0.1) is 0 Å². The van der Waals surface area contributed by atoms with E-state index in [1.54, 1.807) is 36.4 Å². The second kappa shape index (κ2) is 6.97. The van der Waals surface area contributed by atoms with Gasteiger partial charge >= 0.3 is 0 Å². The summed E-state index contributed by atoms with van der Waals surface area (Å²) in [7, 11) is 0. The SMILES string of the molecule is O=C1NC(=Nc2cccc(Cl)c2Cl)S/C1=C\c1ccc(Cl)cc1. The number of amidine groups is 1. The highest BCUT2D eigenvalue weighted by Gasteiger charge is 2.24. The standard InChI is InChI=1S/C16H9Cl3N2OS/c17-10-6-4-9(5-7-10)8-13-15(22)21-16(23-13)20-12-3-1-2-11(18)14(12)19/h1-8H,(H,20,21,22)/b13-8-. The van der Waals surface area contributed by atoms with E-state index in [2.05, 4.69) is 10.3 Å². The van der Waals surface area contributed by atoms with Crippen molar-refractivity contribution in [1.82, 2.24) is 5.32 Å². The van der Waals surface area contributed by atoms with E-state index in [9.17, 15) is 4.79 Å². The molecule has 1 saturated heterocycles. The highest BCUT2D eigenvalue weighted by molar-refractivity contribution is 8.18. The van der Waals surface area contributed by atoms with E-state index in [0.717, 1.165) is 5.56 Å². The van der Waals surface area contributed by atoms with Crippen LogP contribution in [-0.4, -0.2) is 11.1 Å². The lowest BCUT2D eigenvalue weighted by molar-refractivity contribution is -0.115. The fraction of sp³-hybridized carbons (Fsp3) is 0. The summed E-state index contributed by atoms with van der Waals surface area (Å²) in [5, 5.41) is 4.58. The molecule has 0 radical (unpaired) electrons. The molecular weight excluding hydrogens is 375 g/mol. The first-order valence-corrected chi connectivity index (χ1v) is 8.47. The number of hydrogen-bond acceptors (Lipinski definition) is 3. The quantitative estimate of drug-likeness (QED) is 0.692. The lowest BCUT2D eigenvalue weighted by Gasteiger charge is -2.00. The molecule has 1 aliphatic heterocycles. The van der Waals surface area contributed by atoms with Crippen molar-refractivity contribution in [3.8, 4) is 0 Å². The molecule has 1 heterocycles. The molecule has 3 nitrogen and oxygen atoms in total. The van der Waals surface area contributed by atoms with E-state index in [0.29, 0.717) is 30.8 Å². The third-order valence-electron chi connectivity index (χ3n) is 2.97. The predicted octanol–water partition coefficient (Wildman–Crippen LogP) is 5.54. The topological polar surface area (TPSA) is 41.5 Å². The molecule has 2 aromatic rings. The molecule has 0 atom stereocenters. The molecule has 0 spiro atoms. The zero-order chi connectivity index (χ0) is 16.4. The van der Waals surface area contributed by atoms with E-state index in [1.165, 1.54) is 11.8 Å². The maximum atomic E-state index is 12.0. The summed E-state index contributed by atoms with van der Waals surface area (Å²) >= 11 is 19.2. The van der Waals surface area contributed by atoms with Crippen LogP contribution >= 0.6 is 46.6 Å². The van der Waals surface area contributed by atoms with Gasteiger partial charge < -0.3 is 5.32 Å². The molecule has 1 fully saturated rings. The van der Waals surface area contributed by atoms with E-state index in [-0.39, 0.29) is 5.91 Å². The number of nitrogens with zero attached hydrogens (tertiary/aromatic N) is 1. The van der Waals surface area contributed by atoms with Gasteiger partial charge in [-0.05, 0) is 47.7 Å². The van der Waals surface area contributed by atoms with Gasteiger partial charge in [0.1, 0.15) is 0 Å². The number of hydrogen-bond donors (Lipinski definition) is 1. The first-order chi connectivity index (χ1) is 11.0. The molecule has 0 unspecified atom stereocenters. The average Bonchev–Trinajstić information content (AvgIpc) is 2.86. The van der Waals surface area contributed by atoms with Crippen LogP contribution < -0.4 is 5.32 Å². The summed E-state index contributed by atoms with van der Waals surface area (Å²) in [6.07, 6.45) is 1.78. The molecule has 0 bridgehead atoms. The average molecular weight is 384 g/mol. The van der Waals surface area contributed by atoms with Crippen LogP contribution in [0.15, 0.2) is 52.4 Å². The fourth-order valence-corrected chi connectivity index (χ4v) is 3.18. The van der Waals surface area contributed by atoms with Gasteiger partial charge in [-0.2, -0.15) is 0 Å². The normalized spacial score (nSPS) is 17.8. The number of aliphatic imine (C=N–C) groups is 1. The van der Waals surface area contributed by atoms with Crippen LogP contribution in [0.2, 0.25) is 15.1 Å². The lowest BCUT2D eigenvalue weighted by Crippen LogP contribution is -2.19. The number of nitrogens with one attached hydrogen (secondary N) is 1. The van der Waals surface area contributed by atoms with E-state index in [4.69, 9.17) is 34.8 Å². The second-order valence-corrected chi connectivity index (χ2v) is 6.86. The van der Waals surface area contributed by atoms with Crippen molar-refractivity contribution >= 4 is 69.4 Å². The number of halogens is 3. The number of rotatable bonds is 2. The Morgan fingerprint density at radius 3 is 2.52 bits per heavy atom. The van der Waals surface area contributed by atoms with Crippen molar-refractivity contribution in [2.45, 2.75) is 0 Å². The number of amides is 1. The Morgan fingerprint density at radius 2 is 1.78 bits per heavy atom. The van der Waals surface area contributed by atoms with Crippen molar-refractivity contribution < 1.29 is 4.79 Å². The van der Waals surface area contributed by atoms with Gasteiger partial charge in [0.15, 0.2) is 5.17 Å². The molecule has 1 N–H and O–H groups in total. The van der Waals surface area contributed by atoms with Crippen LogP contribution in [0.1, 0.15) is 5.56 Å². The number of carbonyl (C=O) groups excluding carboxylic acids is 1. The summed E-state index contributed by atoms with van der Waals surface area (Å²) in [6.45, 7) is 0. The third-order valence-corrected chi connectivity index (χ3v) is 4.94. The first-order valence-electron chi connectivity index (χ1n) is 6.52. The Morgan fingerprint density at radius 1 is 1.04 bits per heavy atom. The molecule has 0 aliphatic carbocycles. The zero-order valence-corrected chi connectivity index (χ0v) is 14.6. The predicted molar refractivity (Wildman–Crippen MR) is 98.7 cm³/mol. The molecule has 0 aromatic heterocycles. The van der Waals surface area contributed by atoms with Crippen LogP contribution in [0.3, 0.4) is 0 Å². The van der Waals surface area contributed by atoms with Crippen LogP contribution in [0.4, 0.5) is 5.69 Å². The molecule has 116 valence electrons. The van der Waals surface area contributed by atoms with Crippen molar-refractivity contribution in [3.05, 3.63) is 68.0 Å². The molecular formula is C16H9Cl3N2OS. The third kappa shape index (κ3) is 3.90. The number of carbonyl (C=O) groups is 1. The van der Waals surface area contributed by atoms with Gasteiger partial charge in [0.2, 0.25) is 0 Å². The summed E-state index contributed by atoms with van der Waals surface area (Å²) in [6, 6.07) is 12.4. The maximum absolute atomic E-state index is 12.0. The van der Waals surface area contributed by atoms with E-state index >= 15 is 0 Å². The van der Waals surface area contributed by atoms with Gasteiger partial charge in [-0.1, -0.05) is 53.0 Å². The Bertz CT molecular complexity index is 832. The van der Waals surface area contributed by atoms with E-state index < -0.39 is 0 Å². The summed E-state index contributed by atoms with van der Waals surface area (Å²) < 4.78 is 0. The minimum atomic E-state index is -0.207. The van der Waals surface area contributed by atoms with Crippen LogP contribution in [-0.2, 0) is 4.79 Å². The molecule has 1 amide bonds. The fourth-order valence-electron chi connectivity index (χ4n) is 1.88. The summed E-state index contributed by atoms with van der Waals surface area (Å²) in [5.41, 5.74) is 1.39. The minimum Gasteiger partial charge on any atom is -0.300 e. The van der Waals surface area contributed by atoms with E-state index in [1.807, 2.05) is 12.1 Å². The maximum Gasteiger partial charge on any atom is 0.264 e. The van der Waals surface area contributed by atoms with Crippen molar-refractivity contribution in [3.63, 3.8) is 0 Å². The monoisotopic (exact) mass is 382 g/mol. The highest BCUT2D eigenvalue weighted by Crippen LogP contribution is 2.34. The summed E-state index contributed by atoms with van der Waals surface area (Å²) in [4.78, 5) is 16.9. The molecule has 3 rings (SSSR count). The molecule has 0 saturated carbocycles. The molecule has 2 aromatic carbocycles. The van der Waals surface area contributed by atoms with Crippen molar-refractivity contribution in [1.29, 1.82) is 0 Å². The minimum absolute atomic E-state index is 0.207. The highest BCUT2D eigenvalue weighted by atomic mass is 35.5. The van der Waals surface area contributed by atoms with Crippen LogP contribution in [0.25, 0.3) is 6.08 Å². The van der Waals surface area contributed by atoms with Gasteiger partial charge in [0.25, 0.3) is 5.91 Å². The molecule has 7 heteroatoms. The zero-order valence-electron chi connectivity index (χ0n) is 11.5. The Labute approximate surface area is 152 Å². The molecule has 1 aliphatic rings. The molecule has 23 heavy (non-hydrogen) atoms.